The molecule has 0 bridgehead atoms. The van der Waals surface area contributed by atoms with Gasteiger partial charge in [-0.25, -0.2) is 0 Å². The molecule has 2 rings (SSSR count). The van der Waals surface area contributed by atoms with Crippen LogP contribution in [0.5, 0.6) is 0 Å². The molecule has 0 fully saturated rings. The highest BCUT2D eigenvalue weighted by Gasteiger charge is 2.17. The first-order valence-electron chi connectivity index (χ1n) is 8.29. The van der Waals surface area contributed by atoms with Gasteiger partial charge in [-0.15, -0.1) is 0 Å². The average molecular weight is 466 g/mol. The summed E-state index contributed by atoms with van der Waals surface area (Å²) >= 11 is 3.07. The molecule has 0 unspecified atom stereocenters. The van der Waals surface area contributed by atoms with E-state index in [1.165, 1.54) is 42.5 Å². The maximum absolute atomic E-state index is 12.5. The van der Waals surface area contributed by atoms with Crippen molar-refractivity contribution in [1.29, 1.82) is 0 Å². The molecule has 0 spiro atoms. The Bertz CT molecular complexity index is 968. The van der Waals surface area contributed by atoms with Gasteiger partial charge < -0.3 is 20.2 Å². The average Bonchev–Trinajstić information content (AvgIpc) is 3.11. The number of halogens is 1. The Labute approximate surface area is 172 Å². The lowest BCUT2D eigenvalue weighted by Gasteiger charge is -2.10. The number of carboxylic acid groups (broad SMARTS) is 1. The second kappa shape index (κ2) is 10.2. The minimum atomic E-state index is -0.997. The van der Waals surface area contributed by atoms with Gasteiger partial charge in [0.05, 0.1) is 4.92 Å². The third kappa shape index (κ3) is 6.88. The number of carboxylic acids is 1. The quantitative estimate of drug-likeness (QED) is 0.222. The zero-order valence-electron chi connectivity index (χ0n) is 14.9. The number of carbonyl (C=O) groups excluding carboxylic acids is 2. The summed E-state index contributed by atoms with van der Waals surface area (Å²) in [6.07, 6.45) is 1.34. The number of hydrogen-bond acceptors (Lipinski definition) is 6. The molecule has 0 radical (unpaired) electrons. The van der Waals surface area contributed by atoms with Gasteiger partial charge in [0.2, 0.25) is 0 Å². The Morgan fingerprint density at radius 3 is 2.62 bits per heavy atom. The number of nitrogens with zero attached hydrogens (tertiary/aromatic N) is 1. The zero-order valence-corrected chi connectivity index (χ0v) is 16.5. The SMILES string of the molecule is O=C(O)CCCNC(=O)C(=Cc1cccc([N+](=O)[O-])c1)NC(=O)c1ccc(Br)o1. The van der Waals surface area contributed by atoms with Gasteiger partial charge in [0.1, 0.15) is 5.70 Å². The summed E-state index contributed by atoms with van der Waals surface area (Å²) in [7, 11) is 0. The summed E-state index contributed by atoms with van der Waals surface area (Å²) in [6.45, 7) is 0.0690. The molecule has 152 valence electrons. The molecule has 1 aromatic carbocycles. The van der Waals surface area contributed by atoms with Crippen LogP contribution in [-0.2, 0) is 9.59 Å². The minimum absolute atomic E-state index is 0.0551. The first kappa shape index (κ1) is 21.8. The summed E-state index contributed by atoms with van der Waals surface area (Å²) in [5.74, 6) is -2.43. The third-order valence-corrected chi connectivity index (χ3v) is 3.96. The number of nitro benzene ring substituents is 1. The predicted molar refractivity (Wildman–Crippen MR) is 105 cm³/mol. The Morgan fingerprint density at radius 2 is 2.00 bits per heavy atom. The number of carbonyl (C=O) groups is 3. The molecular formula is C18H16BrN3O7. The van der Waals surface area contributed by atoms with Crippen LogP contribution >= 0.6 is 15.9 Å². The van der Waals surface area contributed by atoms with Crippen LogP contribution in [0.2, 0.25) is 0 Å². The number of amides is 2. The Hall–Kier alpha value is -3.47. The highest BCUT2D eigenvalue weighted by molar-refractivity contribution is 9.10. The fourth-order valence-electron chi connectivity index (χ4n) is 2.21. The van der Waals surface area contributed by atoms with Gasteiger partial charge in [0, 0.05) is 25.1 Å². The van der Waals surface area contributed by atoms with Crippen molar-refractivity contribution in [2.45, 2.75) is 12.8 Å². The molecular weight excluding hydrogens is 450 g/mol. The Kier molecular flexibility index (Phi) is 7.66. The lowest BCUT2D eigenvalue weighted by molar-refractivity contribution is -0.384. The highest BCUT2D eigenvalue weighted by Crippen LogP contribution is 2.17. The van der Waals surface area contributed by atoms with Crippen LogP contribution in [0.25, 0.3) is 6.08 Å². The summed E-state index contributed by atoms with van der Waals surface area (Å²) < 4.78 is 5.47. The van der Waals surface area contributed by atoms with Gasteiger partial charge in [-0.3, -0.25) is 24.5 Å². The van der Waals surface area contributed by atoms with Crippen LogP contribution in [0, 0.1) is 10.1 Å². The smallest absolute Gasteiger partial charge is 0.303 e. The zero-order chi connectivity index (χ0) is 21.4. The van der Waals surface area contributed by atoms with Crippen molar-refractivity contribution in [3.63, 3.8) is 0 Å². The van der Waals surface area contributed by atoms with E-state index in [-0.39, 0.29) is 36.5 Å². The number of benzene rings is 1. The molecule has 2 aromatic rings. The van der Waals surface area contributed by atoms with Gasteiger partial charge >= 0.3 is 5.97 Å². The van der Waals surface area contributed by atoms with Crippen molar-refractivity contribution in [3.05, 3.63) is 68.2 Å². The highest BCUT2D eigenvalue weighted by atomic mass is 79.9. The van der Waals surface area contributed by atoms with Crippen molar-refractivity contribution in [2.75, 3.05) is 6.54 Å². The fraction of sp³-hybridized carbons (Fsp3) is 0.167. The van der Waals surface area contributed by atoms with E-state index in [4.69, 9.17) is 9.52 Å². The molecule has 10 nitrogen and oxygen atoms in total. The fourth-order valence-corrected chi connectivity index (χ4v) is 2.52. The van der Waals surface area contributed by atoms with E-state index < -0.39 is 22.7 Å². The molecule has 0 aliphatic rings. The van der Waals surface area contributed by atoms with Gasteiger partial charge in [0.25, 0.3) is 17.5 Å². The largest absolute Gasteiger partial charge is 0.481 e. The summed E-state index contributed by atoms with van der Waals surface area (Å²) in [4.78, 5) is 45.7. The second-order valence-corrected chi connectivity index (χ2v) is 6.50. The van der Waals surface area contributed by atoms with Crippen LogP contribution in [0.3, 0.4) is 0 Å². The van der Waals surface area contributed by atoms with Gasteiger partial charge in [-0.05, 0) is 46.1 Å². The second-order valence-electron chi connectivity index (χ2n) is 5.72. The van der Waals surface area contributed by atoms with Gasteiger partial charge in [-0.1, -0.05) is 12.1 Å². The van der Waals surface area contributed by atoms with Gasteiger partial charge in [-0.2, -0.15) is 0 Å². The number of aliphatic carboxylic acids is 1. The number of nitrogens with one attached hydrogen (secondary N) is 2. The number of rotatable bonds is 9. The van der Waals surface area contributed by atoms with E-state index in [2.05, 4.69) is 26.6 Å². The monoisotopic (exact) mass is 465 g/mol. The van der Waals surface area contributed by atoms with E-state index in [1.54, 1.807) is 0 Å². The normalized spacial score (nSPS) is 11.0. The van der Waals surface area contributed by atoms with Crippen molar-refractivity contribution in [1.82, 2.24) is 10.6 Å². The molecule has 3 N–H and O–H groups in total. The Morgan fingerprint density at radius 1 is 1.24 bits per heavy atom. The third-order valence-electron chi connectivity index (χ3n) is 3.53. The van der Waals surface area contributed by atoms with Crippen molar-refractivity contribution in [2.24, 2.45) is 0 Å². The first-order valence-corrected chi connectivity index (χ1v) is 9.08. The van der Waals surface area contributed by atoms with Crippen LogP contribution < -0.4 is 10.6 Å². The molecule has 0 atom stereocenters. The lowest BCUT2D eigenvalue weighted by atomic mass is 10.1. The Balaban J connectivity index is 2.23. The maximum Gasteiger partial charge on any atom is 0.303 e. The molecule has 1 aromatic heterocycles. The minimum Gasteiger partial charge on any atom is -0.481 e. The van der Waals surface area contributed by atoms with E-state index in [0.717, 1.165) is 0 Å². The summed E-state index contributed by atoms with van der Waals surface area (Å²) in [5, 5.41) is 24.5. The molecule has 0 aliphatic carbocycles. The summed E-state index contributed by atoms with van der Waals surface area (Å²) in [5.41, 5.74) is -0.0459. The number of non-ortho nitro benzene ring substituents is 1. The standard InChI is InChI=1S/C18H16BrN3O7/c19-15-7-6-14(29-15)18(26)21-13(17(25)20-8-2-5-16(23)24)10-11-3-1-4-12(9-11)22(27)28/h1,3-4,6-7,9-10H,2,5,8H2,(H,20,25)(H,21,26)(H,23,24). The number of furan rings is 1. The molecule has 0 aliphatic heterocycles. The van der Waals surface area contributed by atoms with E-state index in [1.807, 2.05) is 0 Å². The van der Waals surface area contributed by atoms with Crippen molar-refractivity contribution in [3.8, 4) is 0 Å². The summed E-state index contributed by atoms with van der Waals surface area (Å²) in [6, 6.07) is 8.41. The molecule has 29 heavy (non-hydrogen) atoms. The van der Waals surface area contributed by atoms with Crippen LogP contribution in [0.1, 0.15) is 29.0 Å². The first-order chi connectivity index (χ1) is 13.8. The van der Waals surface area contributed by atoms with Crippen LogP contribution in [0.15, 0.2) is 51.2 Å². The predicted octanol–water partition coefficient (Wildman–Crippen LogP) is 2.70. The topological polar surface area (TPSA) is 152 Å². The molecule has 2 amide bonds. The number of nitro groups is 1. The van der Waals surface area contributed by atoms with Crippen LogP contribution in [0.4, 0.5) is 5.69 Å². The molecule has 0 saturated carbocycles. The molecule has 1 heterocycles. The van der Waals surface area contributed by atoms with Crippen molar-refractivity contribution < 1.29 is 28.8 Å². The lowest BCUT2D eigenvalue weighted by Crippen LogP contribution is -2.35. The van der Waals surface area contributed by atoms with Gasteiger partial charge in [0.15, 0.2) is 10.4 Å². The maximum atomic E-state index is 12.5. The van der Waals surface area contributed by atoms with E-state index in [9.17, 15) is 24.5 Å². The van der Waals surface area contributed by atoms with E-state index in [0.29, 0.717) is 10.2 Å². The molecule has 0 saturated heterocycles. The van der Waals surface area contributed by atoms with Crippen LogP contribution in [-0.4, -0.2) is 34.4 Å². The number of hydrogen-bond donors (Lipinski definition) is 3. The van der Waals surface area contributed by atoms with Crippen molar-refractivity contribution >= 4 is 45.5 Å². The van der Waals surface area contributed by atoms with E-state index >= 15 is 0 Å². The molecule has 11 heteroatoms.